The number of thiophene rings is 1. The summed E-state index contributed by atoms with van der Waals surface area (Å²) in [6, 6.07) is 4.51. The molecule has 1 aliphatic carbocycles. The Morgan fingerprint density at radius 2 is 2.13 bits per heavy atom. The fraction of sp³-hybridized carbons (Fsp3) is 0.667. The Kier molecular flexibility index (Phi) is 2.54. The highest BCUT2D eigenvalue weighted by Gasteiger charge is 2.46. The molecule has 3 heteroatoms. The summed E-state index contributed by atoms with van der Waals surface area (Å²) in [5.41, 5.74) is 0.547. The van der Waals surface area contributed by atoms with Crippen molar-refractivity contribution >= 4 is 11.3 Å². The van der Waals surface area contributed by atoms with Gasteiger partial charge >= 0.3 is 0 Å². The molecule has 2 nitrogen and oxygen atoms in total. The van der Waals surface area contributed by atoms with E-state index in [1.807, 2.05) is 11.3 Å². The molecule has 0 atom stereocenters. The van der Waals surface area contributed by atoms with E-state index in [2.05, 4.69) is 27.7 Å². The summed E-state index contributed by atoms with van der Waals surface area (Å²) in [4.78, 5) is 4.24. The Balaban J connectivity index is 1.67. The molecule has 2 heterocycles. The maximum Gasteiger partial charge on any atom is 0.0175 e. The van der Waals surface area contributed by atoms with E-state index < -0.39 is 0 Å². The zero-order valence-corrected chi connectivity index (χ0v) is 9.85. The highest BCUT2D eigenvalue weighted by Crippen LogP contribution is 2.50. The summed E-state index contributed by atoms with van der Waals surface area (Å²) in [5.74, 6) is 0. The maximum absolute atomic E-state index is 3.42. The third-order valence-electron chi connectivity index (χ3n) is 3.63. The number of rotatable bonds is 3. The van der Waals surface area contributed by atoms with Gasteiger partial charge in [-0.3, -0.25) is 4.90 Å². The van der Waals surface area contributed by atoms with Gasteiger partial charge in [0.25, 0.3) is 0 Å². The third-order valence-corrected chi connectivity index (χ3v) is 4.75. The van der Waals surface area contributed by atoms with E-state index in [0.29, 0.717) is 5.41 Å². The summed E-state index contributed by atoms with van der Waals surface area (Å²) in [6.07, 6.45) is 2.80. The SMILES string of the molecule is c1csc(C2(CN3CCNCC3)CC2)c1. The molecule has 0 amide bonds. The molecule has 1 saturated heterocycles. The summed E-state index contributed by atoms with van der Waals surface area (Å²) < 4.78 is 0. The minimum absolute atomic E-state index is 0.547. The lowest BCUT2D eigenvalue weighted by molar-refractivity contribution is 0.222. The fourth-order valence-electron chi connectivity index (χ4n) is 2.51. The quantitative estimate of drug-likeness (QED) is 0.837. The number of nitrogens with one attached hydrogen (secondary N) is 1. The van der Waals surface area contributed by atoms with Crippen LogP contribution >= 0.6 is 11.3 Å². The second kappa shape index (κ2) is 3.89. The first-order valence-corrected chi connectivity index (χ1v) is 6.74. The molecule has 1 N–H and O–H groups in total. The van der Waals surface area contributed by atoms with Crippen molar-refractivity contribution in [2.24, 2.45) is 0 Å². The fourth-order valence-corrected chi connectivity index (χ4v) is 3.49. The molecule has 0 bridgehead atoms. The molecule has 0 spiro atoms. The van der Waals surface area contributed by atoms with Gasteiger partial charge in [-0.15, -0.1) is 11.3 Å². The van der Waals surface area contributed by atoms with Crippen LogP contribution in [0.4, 0.5) is 0 Å². The Morgan fingerprint density at radius 1 is 1.33 bits per heavy atom. The minimum Gasteiger partial charge on any atom is -0.314 e. The van der Waals surface area contributed by atoms with Crippen LogP contribution in [0.3, 0.4) is 0 Å². The molecular weight excluding hydrogens is 204 g/mol. The van der Waals surface area contributed by atoms with E-state index in [-0.39, 0.29) is 0 Å². The molecule has 0 unspecified atom stereocenters. The van der Waals surface area contributed by atoms with Crippen molar-refractivity contribution in [3.8, 4) is 0 Å². The van der Waals surface area contributed by atoms with Crippen LogP contribution in [0.5, 0.6) is 0 Å². The van der Waals surface area contributed by atoms with Crippen LogP contribution in [0, 0.1) is 0 Å². The van der Waals surface area contributed by atoms with Crippen molar-refractivity contribution in [3.63, 3.8) is 0 Å². The maximum atomic E-state index is 3.42. The molecule has 82 valence electrons. The van der Waals surface area contributed by atoms with Gasteiger partial charge in [0.05, 0.1) is 0 Å². The highest BCUT2D eigenvalue weighted by molar-refractivity contribution is 7.10. The topological polar surface area (TPSA) is 15.3 Å². The first-order chi connectivity index (χ1) is 7.39. The van der Waals surface area contributed by atoms with Gasteiger partial charge < -0.3 is 5.32 Å². The standard InChI is InChI=1S/C12H18N2S/c1-2-11(15-9-1)12(3-4-12)10-14-7-5-13-6-8-14/h1-2,9,13H,3-8,10H2. The molecule has 1 aromatic heterocycles. The molecule has 2 fully saturated rings. The lowest BCUT2D eigenvalue weighted by Crippen LogP contribution is -2.46. The van der Waals surface area contributed by atoms with Crippen LogP contribution in [0.25, 0.3) is 0 Å². The van der Waals surface area contributed by atoms with Gasteiger partial charge in [0.2, 0.25) is 0 Å². The Bertz CT molecular complexity index is 310. The largest absolute Gasteiger partial charge is 0.314 e. The van der Waals surface area contributed by atoms with Crippen molar-refractivity contribution in [1.29, 1.82) is 0 Å². The van der Waals surface area contributed by atoms with Crippen LogP contribution in [0.15, 0.2) is 17.5 Å². The Hall–Kier alpha value is -0.380. The van der Waals surface area contributed by atoms with Gasteiger partial charge in [0.1, 0.15) is 0 Å². The highest BCUT2D eigenvalue weighted by atomic mass is 32.1. The average molecular weight is 222 g/mol. The zero-order chi connectivity index (χ0) is 10.1. The van der Waals surface area contributed by atoms with E-state index in [1.54, 1.807) is 4.88 Å². The molecule has 3 rings (SSSR count). The van der Waals surface area contributed by atoms with E-state index in [9.17, 15) is 0 Å². The first-order valence-electron chi connectivity index (χ1n) is 5.86. The molecule has 0 aromatic carbocycles. The summed E-state index contributed by atoms with van der Waals surface area (Å²) in [5, 5.41) is 5.63. The second-order valence-corrected chi connectivity index (χ2v) is 5.73. The predicted molar refractivity (Wildman–Crippen MR) is 64.5 cm³/mol. The molecule has 2 aliphatic rings. The van der Waals surface area contributed by atoms with Gasteiger partial charge in [-0.2, -0.15) is 0 Å². The predicted octanol–water partition coefficient (Wildman–Crippen LogP) is 1.68. The normalized spacial score (nSPS) is 25.3. The lowest BCUT2D eigenvalue weighted by atomic mass is 10.0. The number of nitrogens with zero attached hydrogens (tertiary/aromatic N) is 1. The first kappa shape index (κ1) is 9.82. The Morgan fingerprint density at radius 3 is 2.73 bits per heavy atom. The van der Waals surface area contributed by atoms with Crippen molar-refractivity contribution in [3.05, 3.63) is 22.4 Å². The lowest BCUT2D eigenvalue weighted by Gasteiger charge is -2.30. The average Bonchev–Trinajstić information content (AvgIpc) is 2.84. The Labute approximate surface area is 95.3 Å². The van der Waals surface area contributed by atoms with E-state index in [1.165, 1.54) is 45.6 Å². The van der Waals surface area contributed by atoms with Crippen LogP contribution in [0.2, 0.25) is 0 Å². The van der Waals surface area contributed by atoms with Gasteiger partial charge in [-0.1, -0.05) is 6.07 Å². The molecule has 0 radical (unpaired) electrons. The van der Waals surface area contributed by atoms with Crippen molar-refractivity contribution < 1.29 is 0 Å². The van der Waals surface area contributed by atoms with Gasteiger partial charge in [-0.05, 0) is 24.3 Å². The zero-order valence-electron chi connectivity index (χ0n) is 9.04. The summed E-state index contributed by atoms with van der Waals surface area (Å²) in [7, 11) is 0. The second-order valence-electron chi connectivity index (χ2n) is 4.78. The summed E-state index contributed by atoms with van der Waals surface area (Å²) in [6.45, 7) is 6.08. The molecule has 15 heavy (non-hydrogen) atoms. The van der Waals surface area contributed by atoms with Gasteiger partial charge in [0, 0.05) is 43.0 Å². The van der Waals surface area contributed by atoms with Gasteiger partial charge in [-0.25, -0.2) is 0 Å². The van der Waals surface area contributed by atoms with Crippen molar-refractivity contribution in [2.45, 2.75) is 18.3 Å². The van der Waals surface area contributed by atoms with E-state index in [4.69, 9.17) is 0 Å². The summed E-state index contributed by atoms with van der Waals surface area (Å²) >= 11 is 1.94. The molecular formula is C12H18N2S. The van der Waals surface area contributed by atoms with Crippen molar-refractivity contribution in [1.82, 2.24) is 10.2 Å². The number of hydrogen-bond acceptors (Lipinski definition) is 3. The number of piperazine rings is 1. The molecule has 1 aromatic rings. The molecule has 1 saturated carbocycles. The van der Waals surface area contributed by atoms with Crippen LogP contribution in [-0.2, 0) is 5.41 Å². The van der Waals surface area contributed by atoms with E-state index in [0.717, 1.165) is 0 Å². The monoisotopic (exact) mass is 222 g/mol. The molecule has 1 aliphatic heterocycles. The number of hydrogen-bond donors (Lipinski definition) is 1. The van der Waals surface area contributed by atoms with Crippen molar-refractivity contribution in [2.75, 3.05) is 32.7 Å². The van der Waals surface area contributed by atoms with E-state index >= 15 is 0 Å². The van der Waals surface area contributed by atoms with Crippen LogP contribution in [0.1, 0.15) is 17.7 Å². The van der Waals surface area contributed by atoms with Gasteiger partial charge in [0.15, 0.2) is 0 Å². The smallest absolute Gasteiger partial charge is 0.0175 e. The third kappa shape index (κ3) is 1.96. The minimum atomic E-state index is 0.547. The van der Waals surface area contributed by atoms with Crippen LogP contribution < -0.4 is 5.32 Å². The van der Waals surface area contributed by atoms with Crippen LogP contribution in [-0.4, -0.2) is 37.6 Å².